The van der Waals surface area contributed by atoms with Crippen LogP contribution >= 0.6 is 11.8 Å². The average Bonchev–Trinajstić information content (AvgIpc) is 2.42. The molecule has 0 saturated heterocycles. The van der Waals surface area contributed by atoms with Crippen molar-refractivity contribution in [2.75, 3.05) is 31.4 Å². The van der Waals surface area contributed by atoms with E-state index >= 15 is 0 Å². The van der Waals surface area contributed by atoms with Crippen LogP contribution in [-0.2, 0) is 15.6 Å². The molecule has 0 bridgehead atoms. The lowest BCUT2D eigenvalue weighted by Gasteiger charge is -2.16. The summed E-state index contributed by atoms with van der Waals surface area (Å²) in [5.41, 5.74) is 2.33. The Hall–Kier alpha value is -0.720. The Morgan fingerprint density at radius 1 is 1.38 bits per heavy atom. The zero-order valence-corrected chi connectivity index (χ0v) is 14.8. The summed E-state index contributed by atoms with van der Waals surface area (Å²) in [6.07, 6.45) is 1.27. The molecule has 1 aromatic rings. The second-order valence-corrected chi connectivity index (χ2v) is 8.40. The second kappa shape index (κ2) is 8.66. The van der Waals surface area contributed by atoms with Crippen molar-refractivity contribution in [1.82, 2.24) is 5.32 Å². The molecule has 0 aliphatic rings. The van der Waals surface area contributed by atoms with Gasteiger partial charge in [0.2, 0.25) is 0 Å². The van der Waals surface area contributed by atoms with Gasteiger partial charge in [0.25, 0.3) is 0 Å². The zero-order valence-electron chi connectivity index (χ0n) is 13.2. The molecule has 1 rings (SSSR count). The minimum absolute atomic E-state index is 0.216. The number of nitrogens with one attached hydrogen (secondary N) is 1. The van der Waals surface area contributed by atoms with Crippen molar-refractivity contribution in [3.8, 4) is 5.75 Å². The summed E-state index contributed by atoms with van der Waals surface area (Å²) in [7, 11) is -1.23. The highest BCUT2D eigenvalue weighted by molar-refractivity contribution is 7.99. The molecular formula is C15H25NO3S2. The van der Waals surface area contributed by atoms with Crippen molar-refractivity contribution in [1.29, 1.82) is 0 Å². The molecule has 0 spiro atoms. The quantitative estimate of drug-likeness (QED) is 0.705. The fraction of sp³-hybridized carbons (Fsp3) is 0.600. The van der Waals surface area contributed by atoms with Crippen LogP contribution in [0.15, 0.2) is 18.2 Å². The van der Waals surface area contributed by atoms with Crippen LogP contribution in [0.5, 0.6) is 5.75 Å². The summed E-state index contributed by atoms with van der Waals surface area (Å²) in [6, 6.07) is 6.48. The third-order valence-electron chi connectivity index (χ3n) is 3.17. The molecule has 0 aromatic heterocycles. The number of thioether (sulfide) groups is 1. The topological polar surface area (TPSA) is 55.4 Å². The van der Waals surface area contributed by atoms with Crippen LogP contribution in [0, 0.1) is 0 Å². The third-order valence-corrected chi connectivity index (χ3v) is 5.38. The van der Waals surface area contributed by atoms with Gasteiger partial charge in [0.05, 0.1) is 12.9 Å². The lowest BCUT2D eigenvalue weighted by Crippen LogP contribution is -2.17. The summed E-state index contributed by atoms with van der Waals surface area (Å²) in [5, 5.41) is 3.39. The molecule has 1 unspecified atom stereocenters. The van der Waals surface area contributed by atoms with E-state index in [4.69, 9.17) is 4.74 Å². The highest BCUT2D eigenvalue weighted by Crippen LogP contribution is 2.27. The van der Waals surface area contributed by atoms with Crippen LogP contribution in [0.3, 0.4) is 0 Å². The molecule has 1 atom stereocenters. The van der Waals surface area contributed by atoms with Crippen LogP contribution in [0.25, 0.3) is 0 Å². The Morgan fingerprint density at radius 3 is 2.67 bits per heavy atom. The maximum absolute atomic E-state index is 11.1. The Morgan fingerprint density at radius 2 is 2.10 bits per heavy atom. The molecule has 0 amide bonds. The minimum Gasteiger partial charge on any atom is -0.496 e. The van der Waals surface area contributed by atoms with Crippen molar-refractivity contribution in [3.05, 3.63) is 29.3 Å². The molecule has 4 nitrogen and oxygen atoms in total. The molecule has 0 fully saturated rings. The maximum Gasteiger partial charge on any atom is 0.148 e. The lowest BCUT2D eigenvalue weighted by molar-refractivity contribution is 0.411. The third kappa shape index (κ3) is 6.72. The van der Waals surface area contributed by atoms with E-state index in [2.05, 4.69) is 31.3 Å². The van der Waals surface area contributed by atoms with Gasteiger partial charge in [-0.3, -0.25) is 0 Å². The molecular weight excluding hydrogens is 306 g/mol. The van der Waals surface area contributed by atoms with Gasteiger partial charge in [-0.15, -0.1) is 0 Å². The first-order valence-electron chi connectivity index (χ1n) is 7.03. The number of hydrogen-bond acceptors (Lipinski definition) is 5. The number of methoxy groups -OCH3 is 1. The Kier molecular flexibility index (Phi) is 7.56. The van der Waals surface area contributed by atoms with Gasteiger partial charge in [-0.05, 0) is 31.2 Å². The van der Waals surface area contributed by atoms with E-state index in [1.165, 1.54) is 11.8 Å². The second-order valence-electron chi connectivity index (χ2n) is 5.03. The van der Waals surface area contributed by atoms with E-state index in [9.17, 15) is 8.42 Å². The van der Waals surface area contributed by atoms with Crippen molar-refractivity contribution in [3.63, 3.8) is 0 Å². The van der Waals surface area contributed by atoms with Crippen molar-refractivity contribution in [2.24, 2.45) is 0 Å². The van der Waals surface area contributed by atoms with Gasteiger partial charge in [0, 0.05) is 29.4 Å². The van der Waals surface area contributed by atoms with Gasteiger partial charge in [-0.25, -0.2) is 8.42 Å². The number of sulfone groups is 1. The zero-order chi connectivity index (χ0) is 15.9. The molecule has 21 heavy (non-hydrogen) atoms. The van der Waals surface area contributed by atoms with Gasteiger partial charge >= 0.3 is 0 Å². The molecule has 0 aliphatic carbocycles. The normalized spacial score (nSPS) is 13.1. The summed E-state index contributed by atoms with van der Waals surface area (Å²) >= 11 is 1.62. The highest BCUT2D eigenvalue weighted by Gasteiger charge is 2.10. The summed E-state index contributed by atoms with van der Waals surface area (Å²) < 4.78 is 27.7. The van der Waals surface area contributed by atoms with Crippen LogP contribution in [0.1, 0.15) is 31.0 Å². The first-order chi connectivity index (χ1) is 9.87. The summed E-state index contributed by atoms with van der Waals surface area (Å²) in [5.74, 6) is 2.43. The summed E-state index contributed by atoms with van der Waals surface area (Å²) in [6.45, 7) is 5.14. The fourth-order valence-corrected chi connectivity index (χ4v) is 4.27. The lowest BCUT2D eigenvalue weighted by atomic mass is 10.0. The number of ether oxygens (including phenoxy) is 1. The van der Waals surface area contributed by atoms with Gasteiger partial charge in [0.1, 0.15) is 15.6 Å². The van der Waals surface area contributed by atoms with Gasteiger partial charge in [0.15, 0.2) is 0 Å². The van der Waals surface area contributed by atoms with Crippen molar-refractivity contribution < 1.29 is 13.2 Å². The van der Waals surface area contributed by atoms with E-state index in [0.29, 0.717) is 11.8 Å². The molecule has 0 radical (unpaired) electrons. The van der Waals surface area contributed by atoms with Gasteiger partial charge < -0.3 is 10.1 Å². The first-order valence-corrected chi connectivity index (χ1v) is 10.2. The molecule has 0 aliphatic heterocycles. The molecule has 120 valence electrons. The fourth-order valence-electron chi connectivity index (χ4n) is 2.00. The summed E-state index contributed by atoms with van der Waals surface area (Å²) in [4.78, 5) is 0. The van der Waals surface area contributed by atoms with E-state index < -0.39 is 9.84 Å². The van der Waals surface area contributed by atoms with E-state index in [1.807, 2.05) is 6.07 Å². The Balaban J connectivity index is 2.72. The number of rotatable bonds is 9. The van der Waals surface area contributed by atoms with E-state index in [0.717, 1.165) is 23.6 Å². The smallest absolute Gasteiger partial charge is 0.148 e. The minimum atomic E-state index is -2.89. The molecule has 0 heterocycles. The van der Waals surface area contributed by atoms with Crippen molar-refractivity contribution in [2.45, 2.75) is 25.6 Å². The van der Waals surface area contributed by atoms with E-state index in [1.54, 1.807) is 18.9 Å². The van der Waals surface area contributed by atoms with Crippen LogP contribution in [0.4, 0.5) is 0 Å². The van der Waals surface area contributed by atoms with Crippen LogP contribution < -0.4 is 10.1 Å². The molecule has 6 heteroatoms. The average molecular weight is 332 g/mol. The number of benzene rings is 1. The maximum atomic E-state index is 11.1. The van der Waals surface area contributed by atoms with Crippen LogP contribution in [0.2, 0.25) is 0 Å². The van der Waals surface area contributed by atoms with E-state index in [-0.39, 0.29) is 5.75 Å². The predicted octanol–water partition coefficient (Wildman–Crippen LogP) is 2.64. The monoisotopic (exact) mass is 331 g/mol. The van der Waals surface area contributed by atoms with Crippen molar-refractivity contribution >= 4 is 21.6 Å². The molecule has 1 aromatic carbocycles. The largest absolute Gasteiger partial charge is 0.496 e. The number of hydrogen-bond donors (Lipinski definition) is 1. The predicted molar refractivity (Wildman–Crippen MR) is 91.0 cm³/mol. The Labute approximate surface area is 132 Å². The van der Waals surface area contributed by atoms with Gasteiger partial charge in [-0.1, -0.05) is 13.0 Å². The SMILES string of the molecule is CCNC(C)c1ccc(OC)c(CSCCS(C)(=O)=O)c1. The molecule has 1 N–H and O–H groups in total. The Bertz CT molecular complexity index is 544. The standard InChI is InChI=1S/C15H25NO3S2/c1-5-16-12(2)13-6-7-15(19-3)14(10-13)11-20-8-9-21(4,17)18/h6-7,10,12,16H,5,8-9,11H2,1-4H3. The van der Waals surface area contributed by atoms with Crippen LogP contribution in [-0.4, -0.2) is 39.8 Å². The highest BCUT2D eigenvalue weighted by atomic mass is 32.2. The van der Waals surface area contributed by atoms with Gasteiger partial charge in [-0.2, -0.15) is 11.8 Å². The molecule has 0 saturated carbocycles. The first kappa shape index (κ1) is 18.3.